The van der Waals surface area contributed by atoms with Crippen molar-refractivity contribution < 1.29 is 13.2 Å². The van der Waals surface area contributed by atoms with Crippen LogP contribution in [-0.4, -0.2) is 54.7 Å². The maximum atomic E-state index is 12.9. The smallest absolute Gasteiger partial charge is 0.257 e. The first-order valence-electron chi connectivity index (χ1n) is 11.0. The third kappa shape index (κ3) is 5.51. The van der Waals surface area contributed by atoms with Crippen molar-refractivity contribution in [3.8, 4) is 0 Å². The topological polar surface area (TPSA) is 82.6 Å². The molecule has 1 atom stereocenters. The van der Waals surface area contributed by atoms with Crippen molar-refractivity contribution >= 4 is 44.8 Å². The summed E-state index contributed by atoms with van der Waals surface area (Å²) in [5, 5.41) is 3.48. The van der Waals surface area contributed by atoms with Crippen molar-refractivity contribution in [3.63, 3.8) is 0 Å². The summed E-state index contributed by atoms with van der Waals surface area (Å²) in [6.07, 6.45) is 3.97. The normalized spacial score (nSPS) is 19.8. The highest BCUT2D eigenvalue weighted by Gasteiger charge is 2.28. The molecule has 1 amide bonds. The molecule has 3 heterocycles. The fourth-order valence-electron chi connectivity index (χ4n) is 4.27. The molecule has 2 aliphatic rings. The van der Waals surface area contributed by atoms with E-state index in [1.165, 1.54) is 28.3 Å². The van der Waals surface area contributed by atoms with E-state index in [1.807, 2.05) is 0 Å². The lowest BCUT2D eigenvalue weighted by molar-refractivity contribution is 0.102. The van der Waals surface area contributed by atoms with E-state index in [0.717, 1.165) is 51.0 Å². The Morgan fingerprint density at radius 1 is 1.25 bits per heavy atom. The monoisotopic (exact) mass is 498 g/mol. The summed E-state index contributed by atoms with van der Waals surface area (Å²) in [6.45, 7) is 8.32. The van der Waals surface area contributed by atoms with Crippen LogP contribution in [0.5, 0.6) is 0 Å². The lowest BCUT2D eigenvalue weighted by Gasteiger charge is -2.30. The van der Waals surface area contributed by atoms with Crippen molar-refractivity contribution in [2.75, 3.05) is 31.5 Å². The van der Waals surface area contributed by atoms with Crippen LogP contribution < -0.4 is 5.32 Å². The Bertz CT molecular complexity index is 1040. The van der Waals surface area contributed by atoms with E-state index >= 15 is 0 Å². The van der Waals surface area contributed by atoms with E-state index in [0.29, 0.717) is 29.7 Å². The Labute approximate surface area is 200 Å². The van der Waals surface area contributed by atoms with Crippen LogP contribution in [-0.2, 0) is 23.0 Å². The molecule has 1 aromatic carbocycles. The maximum absolute atomic E-state index is 12.9. The van der Waals surface area contributed by atoms with Crippen LogP contribution in [0.4, 0.5) is 5.13 Å². The summed E-state index contributed by atoms with van der Waals surface area (Å²) in [6, 6.07) is 6.20. The minimum Gasteiger partial charge on any atom is -0.298 e. The first-order valence-corrected chi connectivity index (χ1v) is 13.2. The molecule has 0 radical (unpaired) electrons. The van der Waals surface area contributed by atoms with Crippen LogP contribution in [0.15, 0.2) is 29.2 Å². The molecule has 7 nitrogen and oxygen atoms in total. The van der Waals surface area contributed by atoms with Gasteiger partial charge in [-0.15, -0.1) is 23.7 Å². The highest BCUT2D eigenvalue weighted by molar-refractivity contribution is 7.89. The minimum atomic E-state index is -3.52. The standard InChI is InChI=1S/C22H30N4O3S2.ClH/c1-3-11-25-13-10-19-20(15-25)30-22(23-19)24-21(27)17-6-8-18(9-7-17)31(28,29)26-12-4-5-16(2)14-26;/h6-9,16H,3-5,10-15H2,1-2H3,(H,23,24,27);1H. The number of nitrogens with zero attached hydrogens (tertiary/aromatic N) is 3. The van der Waals surface area contributed by atoms with Gasteiger partial charge in [0.1, 0.15) is 0 Å². The number of anilines is 1. The highest BCUT2D eigenvalue weighted by atomic mass is 35.5. The number of sulfonamides is 1. The number of fused-ring (bicyclic) bond motifs is 1. The summed E-state index contributed by atoms with van der Waals surface area (Å²) >= 11 is 1.53. The second-order valence-electron chi connectivity index (χ2n) is 8.50. The molecule has 176 valence electrons. The second-order valence-corrected chi connectivity index (χ2v) is 11.5. The molecule has 0 spiro atoms. The molecule has 10 heteroatoms. The molecule has 1 saturated heterocycles. The Hall–Kier alpha value is -1.52. The van der Waals surface area contributed by atoms with Crippen LogP contribution in [0.25, 0.3) is 0 Å². The number of piperidine rings is 1. The number of nitrogens with one attached hydrogen (secondary N) is 1. The second kappa shape index (κ2) is 10.6. The molecule has 1 fully saturated rings. The Balaban J connectivity index is 0.00000289. The molecular weight excluding hydrogens is 468 g/mol. The molecule has 1 N–H and O–H groups in total. The summed E-state index contributed by atoms with van der Waals surface area (Å²) in [7, 11) is -3.52. The fourth-order valence-corrected chi connectivity index (χ4v) is 6.91. The number of halogens is 1. The molecule has 4 rings (SSSR count). The third-order valence-electron chi connectivity index (χ3n) is 5.94. The van der Waals surface area contributed by atoms with Crippen LogP contribution in [0.3, 0.4) is 0 Å². The molecule has 32 heavy (non-hydrogen) atoms. The van der Waals surface area contributed by atoms with Crippen LogP contribution in [0.2, 0.25) is 0 Å². The largest absolute Gasteiger partial charge is 0.298 e. The third-order valence-corrected chi connectivity index (χ3v) is 8.82. The number of aromatic nitrogens is 1. The molecule has 2 aliphatic heterocycles. The van der Waals surface area contributed by atoms with Crippen molar-refractivity contribution in [1.29, 1.82) is 0 Å². The van der Waals surface area contributed by atoms with E-state index in [1.54, 1.807) is 16.4 Å². The lowest BCUT2D eigenvalue weighted by atomic mass is 10.0. The van der Waals surface area contributed by atoms with Gasteiger partial charge in [-0.1, -0.05) is 13.8 Å². The minimum absolute atomic E-state index is 0. The first-order chi connectivity index (χ1) is 14.9. The van der Waals surface area contributed by atoms with Gasteiger partial charge in [-0.3, -0.25) is 15.0 Å². The van der Waals surface area contributed by atoms with E-state index in [4.69, 9.17) is 0 Å². The first kappa shape index (κ1) is 25.1. The lowest BCUT2D eigenvalue weighted by Crippen LogP contribution is -2.39. The molecule has 0 bridgehead atoms. The fraction of sp³-hybridized carbons (Fsp3) is 0.545. The van der Waals surface area contributed by atoms with Gasteiger partial charge in [-0.25, -0.2) is 13.4 Å². The average Bonchev–Trinajstić information content (AvgIpc) is 3.15. The highest BCUT2D eigenvalue weighted by Crippen LogP contribution is 2.29. The van der Waals surface area contributed by atoms with Crippen LogP contribution >= 0.6 is 23.7 Å². The number of rotatable bonds is 6. The number of hydrogen-bond donors (Lipinski definition) is 1. The zero-order valence-corrected chi connectivity index (χ0v) is 21.0. The van der Waals surface area contributed by atoms with Gasteiger partial charge in [0.05, 0.1) is 10.6 Å². The Morgan fingerprint density at radius 2 is 2.00 bits per heavy atom. The van der Waals surface area contributed by atoms with E-state index in [9.17, 15) is 13.2 Å². The molecule has 2 aromatic rings. The molecule has 1 unspecified atom stereocenters. The molecule has 0 aliphatic carbocycles. The van der Waals surface area contributed by atoms with Gasteiger partial charge >= 0.3 is 0 Å². The Morgan fingerprint density at radius 3 is 2.69 bits per heavy atom. The quantitative estimate of drug-likeness (QED) is 0.650. The van der Waals surface area contributed by atoms with E-state index < -0.39 is 10.0 Å². The predicted molar refractivity (Wildman–Crippen MR) is 130 cm³/mol. The zero-order valence-electron chi connectivity index (χ0n) is 18.5. The summed E-state index contributed by atoms with van der Waals surface area (Å²) < 4.78 is 27.4. The predicted octanol–water partition coefficient (Wildman–Crippen LogP) is 4.01. The zero-order chi connectivity index (χ0) is 22.0. The van der Waals surface area contributed by atoms with Gasteiger partial charge in [0.25, 0.3) is 5.91 Å². The molecular formula is C22H31ClN4O3S2. The number of thiazole rings is 1. The van der Waals surface area contributed by atoms with Crippen LogP contribution in [0, 0.1) is 5.92 Å². The van der Waals surface area contributed by atoms with Gasteiger partial charge in [0.2, 0.25) is 10.0 Å². The van der Waals surface area contributed by atoms with E-state index in [2.05, 4.69) is 29.0 Å². The van der Waals surface area contributed by atoms with Gasteiger partial charge in [-0.2, -0.15) is 4.31 Å². The Kier molecular flexibility index (Phi) is 8.32. The number of carbonyl (C=O) groups excluding carboxylic acids is 1. The van der Waals surface area contributed by atoms with Crippen molar-refractivity contribution in [1.82, 2.24) is 14.2 Å². The molecule has 1 aromatic heterocycles. The van der Waals surface area contributed by atoms with Gasteiger partial charge in [-0.05, 0) is 56.0 Å². The summed E-state index contributed by atoms with van der Waals surface area (Å²) in [5.74, 6) is 0.0961. The summed E-state index contributed by atoms with van der Waals surface area (Å²) in [5.41, 5.74) is 1.50. The van der Waals surface area contributed by atoms with Gasteiger partial charge < -0.3 is 0 Å². The summed E-state index contributed by atoms with van der Waals surface area (Å²) in [4.78, 5) is 21.1. The number of amides is 1. The number of carbonyl (C=O) groups is 1. The van der Waals surface area contributed by atoms with Crippen molar-refractivity contribution in [3.05, 3.63) is 40.4 Å². The van der Waals surface area contributed by atoms with Gasteiger partial charge in [0, 0.05) is 43.0 Å². The number of hydrogen-bond acceptors (Lipinski definition) is 6. The maximum Gasteiger partial charge on any atom is 0.257 e. The number of benzene rings is 1. The molecule has 0 saturated carbocycles. The SMILES string of the molecule is CCCN1CCc2nc(NC(=O)c3ccc(S(=O)(=O)N4CCCC(C)C4)cc3)sc2C1.Cl. The van der Waals surface area contributed by atoms with Crippen molar-refractivity contribution in [2.24, 2.45) is 5.92 Å². The average molecular weight is 499 g/mol. The van der Waals surface area contributed by atoms with Crippen molar-refractivity contribution in [2.45, 2.75) is 51.0 Å². The van der Waals surface area contributed by atoms with Crippen LogP contribution in [0.1, 0.15) is 54.0 Å². The van der Waals surface area contributed by atoms with Gasteiger partial charge in [0.15, 0.2) is 5.13 Å². The van der Waals surface area contributed by atoms with E-state index in [-0.39, 0.29) is 23.2 Å².